The number of carbonyl (C=O) groups excluding carboxylic acids is 1. The van der Waals surface area contributed by atoms with Gasteiger partial charge < -0.3 is 15.4 Å². The lowest BCUT2D eigenvalue weighted by Gasteiger charge is -2.22. The molecule has 3 rings (SSSR count). The molecule has 1 aromatic heterocycles. The average Bonchev–Trinajstić information content (AvgIpc) is 2.94. The predicted octanol–water partition coefficient (Wildman–Crippen LogP) is 0.555. The SMILES string of the molecule is O=C(Nc1cccc(CO)c1)C1Cc2nc[nH]c2CN1. The Kier molecular flexibility index (Phi) is 3.49. The van der Waals surface area contributed by atoms with Gasteiger partial charge in [-0.1, -0.05) is 12.1 Å². The summed E-state index contributed by atoms with van der Waals surface area (Å²) in [6.45, 7) is 0.576. The van der Waals surface area contributed by atoms with Gasteiger partial charge in [0.25, 0.3) is 0 Å². The number of imidazole rings is 1. The number of aliphatic hydroxyl groups is 1. The lowest BCUT2D eigenvalue weighted by atomic mass is 10.0. The number of amides is 1. The molecule has 6 heteroatoms. The molecule has 0 saturated heterocycles. The molecular formula is C14H16N4O2. The zero-order chi connectivity index (χ0) is 13.9. The standard InChI is InChI=1S/C14H16N4O2/c19-7-9-2-1-3-10(4-9)18-14(20)12-5-11-13(6-15-12)17-8-16-11/h1-4,8,12,15,19H,5-7H2,(H,16,17)(H,18,20). The van der Waals surface area contributed by atoms with E-state index in [0.29, 0.717) is 18.7 Å². The van der Waals surface area contributed by atoms with Crippen LogP contribution in [0.5, 0.6) is 0 Å². The van der Waals surface area contributed by atoms with Crippen molar-refractivity contribution >= 4 is 11.6 Å². The Balaban J connectivity index is 1.68. The average molecular weight is 272 g/mol. The minimum absolute atomic E-state index is 0.0397. The normalized spacial score (nSPS) is 17.6. The van der Waals surface area contributed by atoms with Crippen LogP contribution in [0, 0.1) is 0 Å². The number of nitrogens with one attached hydrogen (secondary N) is 3. The number of benzene rings is 1. The van der Waals surface area contributed by atoms with E-state index < -0.39 is 0 Å². The number of fused-ring (bicyclic) bond motifs is 1. The van der Waals surface area contributed by atoms with Crippen LogP contribution in [-0.2, 0) is 24.4 Å². The van der Waals surface area contributed by atoms with Crippen molar-refractivity contribution in [2.24, 2.45) is 0 Å². The Morgan fingerprint density at radius 3 is 3.25 bits per heavy atom. The number of hydrogen-bond acceptors (Lipinski definition) is 4. The van der Waals surface area contributed by atoms with E-state index in [-0.39, 0.29) is 18.6 Å². The molecule has 0 aliphatic carbocycles. The van der Waals surface area contributed by atoms with Crippen molar-refractivity contribution in [2.75, 3.05) is 5.32 Å². The Labute approximate surface area is 116 Å². The Hall–Kier alpha value is -2.18. The third kappa shape index (κ3) is 2.56. The lowest BCUT2D eigenvalue weighted by Crippen LogP contribution is -2.44. The topological polar surface area (TPSA) is 90.0 Å². The van der Waals surface area contributed by atoms with Crippen molar-refractivity contribution in [3.63, 3.8) is 0 Å². The van der Waals surface area contributed by atoms with E-state index in [9.17, 15) is 4.79 Å². The van der Waals surface area contributed by atoms with Crippen molar-refractivity contribution in [3.05, 3.63) is 47.5 Å². The molecule has 2 heterocycles. The molecule has 0 saturated carbocycles. The van der Waals surface area contributed by atoms with Crippen LogP contribution in [0.1, 0.15) is 17.0 Å². The first-order chi connectivity index (χ1) is 9.76. The molecule has 0 radical (unpaired) electrons. The Morgan fingerprint density at radius 1 is 1.50 bits per heavy atom. The summed E-state index contributed by atoms with van der Waals surface area (Å²) in [6.07, 6.45) is 2.22. The molecule has 0 spiro atoms. The highest BCUT2D eigenvalue weighted by Crippen LogP contribution is 2.15. The zero-order valence-corrected chi connectivity index (χ0v) is 10.9. The Morgan fingerprint density at radius 2 is 2.40 bits per heavy atom. The van der Waals surface area contributed by atoms with Crippen LogP contribution in [0.2, 0.25) is 0 Å². The van der Waals surface area contributed by atoms with E-state index in [0.717, 1.165) is 17.0 Å². The van der Waals surface area contributed by atoms with E-state index >= 15 is 0 Å². The second kappa shape index (κ2) is 5.44. The van der Waals surface area contributed by atoms with Gasteiger partial charge >= 0.3 is 0 Å². The fourth-order valence-electron chi connectivity index (χ4n) is 2.33. The monoisotopic (exact) mass is 272 g/mol. The highest BCUT2D eigenvalue weighted by atomic mass is 16.3. The fraction of sp³-hybridized carbons (Fsp3) is 0.286. The number of carbonyl (C=O) groups is 1. The smallest absolute Gasteiger partial charge is 0.241 e. The summed E-state index contributed by atoms with van der Waals surface area (Å²) >= 11 is 0. The predicted molar refractivity (Wildman–Crippen MR) is 73.9 cm³/mol. The van der Waals surface area contributed by atoms with Crippen LogP contribution in [-0.4, -0.2) is 27.0 Å². The summed E-state index contributed by atoms with van der Waals surface area (Å²) in [7, 11) is 0. The van der Waals surface area contributed by atoms with Gasteiger partial charge in [0.2, 0.25) is 5.91 Å². The quantitative estimate of drug-likeness (QED) is 0.657. The highest BCUT2D eigenvalue weighted by molar-refractivity contribution is 5.95. The van der Waals surface area contributed by atoms with Crippen molar-refractivity contribution in [2.45, 2.75) is 25.6 Å². The van der Waals surface area contributed by atoms with E-state index in [2.05, 4.69) is 20.6 Å². The number of nitrogens with zero attached hydrogens (tertiary/aromatic N) is 1. The minimum Gasteiger partial charge on any atom is -0.392 e. The zero-order valence-electron chi connectivity index (χ0n) is 10.9. The van der Waals surface area contributed by atoms with Gasteiger partial charge in [0, 0.05) is 18.7 Å². The van der Waals surface area contributed by atoms with Crippen molar-refractivity contribution in [1.29, 1.82) is 0 Å². The number of aromatic amines is 1. The number of anilines is 1. The van der Waals surface area contributed by atoms with Crippen molar-refractivity contribution < 1.29 is 9.90 Å². The number of aliphatic hydroxyl groups excluding tert-OH is 1. The molecule has 2 aromatic rings. The summed E-state index contributed by atoms with van der Waals surface area (Å²) in [6, 6.07) is 6.90. The van der Waals surface area contributed by atoms with Crippen LogP contribution in [0.3, 0.4) is 0 Å². The van der Waals surface area contributed by atoms with Gasteiger partial charge in [0.1, 0.15) is 0 Å². The van der Waals surface area contributed by atoms with E-state index in [4.69, 9.17) is 5.11 Å². The maximum Gasteiger partial charge on any atom is 0.241 e. The molecule has 1 unspecified atom stereocenters. The third-order valence-electron chi connectivity index (χ3n) is 3.42. The number of hydrogen-bond donors (Lipinski definition) is 4. The molecule has 104 valence electrons. The summed E-state index contributed by atoms with van der Waals surface area (Å²) in [5.41, 5.74) is 3.44. The maximum absolute atomic E-state index is 12.2. The third-order valence-corrected chi connectivity index (χ3v) is 3.42. The van der Waals surface area contributed by atoms with Crippen LogP contribution < -0.4 is 10.6 Å². The molecule has 20 heavy (non-hydrogen) atoms. The maximum atomic E-state index is 12.2. The molecule has 1 atom stereocenters. The molecule has 1 aliphatic heterocycles. The number of rotatable bonds is 3. The lowest BCUT2D eigenvalue weighted by molar-refractivity contribution is -0.118. The van der Waals surface area contributed by atoms with Gasteiger partial charge in [-0.3, -0.25) is 10.1 Å². The Bertz CT molecular complexity index is 623. The van der Waals surface area contributed by atoms with E-state index in [1.165, 1.54) is 0 Å². The van der Waals surface area contributed by atoms with E-state index in [1.807, 2.05) is 6.07 Å². The van der Waals surface area contributed by atoms with Gasteiger partial charge in [-0.25, -0.2) is 4.98 Å². The van der Waals surface area contributed by atoms with Gasteiger partial charge in [0.05, 0.1) is 30.4 Å². The molecule has 1 aliphatic rings. The highest BCUT2D eigenvalue weighted by Gasteiger charge is 2.25. The molecule has 0 fully saturated rings. The summed E-state index contributed by atoms with van der Waals surface area (Å²) in [5.74, 6) is -0.0891. The number of H-pyrrole nitrogens is 1. The largest absolute Gasteiger partial charge is 0.392 e. The molecule has 0 bridgehead atoms. The van der Waals surface area contributed by atoms with Crippen molar-refractivity contribution in [1.82, 2.24) is 15.3 Å². The van der Waals surface area contributed by atoms with Crippen LogP contribution in [0.25, 0.3) is 0 Å². The van der Waals surface area contributed by atoms with Crippen LogP contribution in [0.4, 0.5) is 5.69 Å². The van der Waals surface area contributed by atoms with Crippen LogP contribution in [0.15, 0.2) is 30.6 Å². The molecule has 4 N–H and O–H groups in total. The second-order valence-electron chi connectivity index (χ2n) is 4.81. The molecule has 1 amide bonds. The molecule has 6 nitrogen and oxygen atoms in total. The van der Waals surface area contributed by atoms with Crippen LogP contribution >= 0.6 is 0 Å². The molecular weight excluding hydrogens is 256 g/mol. The van der Waals surface area contributed by atoms with E-state index in [1.54, 1.807) is 24.5 Å². The first-order valence-electron chi connectivity index (χ1n) is 6.51. The van der Waals surface area contributed by atoms with Gasteiger partial charge in [-0.15, -0.1) is 0 Å². The summed E-state index contributed by atoms with van der Waals surface area (Å²) < 4.78 is 0. The summed E-state index contributed by atoms with van der Waals surface area (Å²) in [5, 5.41) is 15.1. The van der Waals surface area contributed by atoms with Gasteiger partial charge in [0.15, 0.2) is 0 Å². The van der Waals surface area contributed by atoms with Gasteiger partial charge in [-0.2, -0.15) is 0 Å². The van der Waals surface area contributed by atoms with Gasteiger partial charge in [-0.05, 0) is 17.7 Å². The second-order valence-corrected chi connectivity index (χ2v) is 4.81. The first kappa shape index (κ1) is 12.8. The minimum atomic E-state index is -0.288. The van der Waals surface area contributed by atoms with Crippen molar-refractivity contribution in [3.8, 4) is 0 Å². The fourth-order valence-corrected chi connectivity index (χ4v) is 2.33. The molecule has 1 aromatic carbocycles. The summed E-state index contributed by atoms with van der Waals surface area (Å²) in [4.78, 5) is 19.5. The first-order valence-corrected chi connectivity index (χ1v) is 6.51. The number of aromatic nitrogens is 2.